The lowest BCUT2D eigenvalue weighted by Gasteiger charge is -2.16. The molecule has 0 saturated carbocycles. The number of anilines is 1. The molecule has 2 amide bonds. The molecule has 2 aliphatic rings. The highest BCUT2D eigenvalue weighted by molar-refractivity contribution is 8.15. The summed E-state index contributed by atoms with van der Waals surface area (Å²) in [7, 11) is 0. The lowest BCUT2D eigenvalue weighted by molar-refractivity contribution is -0.122. The standard InChI is InChI=1S/C21H19FN4O2S/c22-15-9-3-4-10-17(15)23-19(27)12-18-20(28)24-21(29-18)26-25-16-11-5-7-13-6-1-2-8-14(13)16/h1-4,6,8-10,18H,5,7,11-12H2,(H,23,27)(H,24,26,28)/b25-16-/t18-/m0/s1. The van der Waals surface area contributed by atoms with E-state index >= 15 is 0 Å². The van der Waals surface area contributed by atoms with Gasteiger partial charge in [-0.05, 0) is 37.0 Å². The predicted molar refractivity (Wildman–Crippen MR) is 113 cm³/mol. The summed E-state index contributed by atoms with van der Waals surface area (Å²) >= 11 is 1.16. The van der Waals surface area contributed by atoms with E-state index in [0.29, 0.717) is 5.17 Å². The maximum Gasteiger partial charge on any atom is 0.240 e. The fraction of sp³-hybridized carbons (Fsp3) is 0.238. The number of nitrogens with zero attached hydrogens (tertiary/aromatic N) is 2. The number of benzene rings is 2. The van der Waals surface area contributed by atoms with Crippen LogP contribution in [0.25, 0.3) is 0 Å². The van der Waals surface area contributed by atoms with Crippen molar-refractivity contribution in [1.82, 2.24) is 5.32 Å². The van der Waals surface area contributed by atoms with Crippen molar-refractivity contribution >= 4 is 40.1 Å². The highest BCUT2D eigenvalue weighted by Crippen LogP contribution is 2.25. The Morgan fingerprint density at radius 1 is 1.14 bits per heavy atom. The summed E-state index contributed by atoms with van der Waals surface area (Å²) in [6, 6.07) is 14.0. The maximum atomic E-state index is 13.7. The van der Waals surface area contributed by atoms with E-state index in [1.54, 1.807) is 12.1 Å². The van der Waals surface area contributed by atoms with Crippen LogP contribution in [0, 0.1) is 5.82 Å². The third-order valence-corrected chi connectivity index (χ3v) is 5.82. The molecule has 29 heavy (non-hydrogen) atoms. The fourth-order valence-electron chi connectivity index (χ4n) is 3.33. The number of para-hydroxylation sites is 1. The molecule has 1 fully saturated rings. The molecule has 0 radical (unpaired) electrons. The Kier molecular flexibility index (Phi) is 5.71. The quantitative estimate of drug-likeness (QED) is 0.757. The average Bonchev–Trinajstić information content (AvgIpc) is 3.07. The first-order valence-corrected chi connectivity index (χ1v) is 10.2. The molecule has 1 aliphatic carbocycles. The van der Waals surface area contributed by atoms with Crippen molar-refractivity contribution in [2.24, 2.45) is 10.2 Å². The highest BCUT2D eigenvalue weighted by Gasteiger charge is 2.32. The van der Waals surface area contributed by atoms with Gasteiger partial charge in [-0.2, -0.15) is 5.10 Å². The molecule has 6 nitrogen and oxygen atoms in total. The molecule has 148 valence electrons. The number of hydrogen-bond acceptors (Lipinski definition) is 5. The Labute approximate surface area is 171 Å². The molecule has 1 aliphatic heterocycles. The van der Waals surface area contributed by atoms with Crippen LogP contribution in [-0.2, 0) is 16.0 Å². The van der Waals surface area contributed by atoms with Gasteiger partial charge in [0.05, 0.1) is 11.4 Å². The minimum Gasteiger partial charge on any atom is -0.324 e. The fourth-order valence-corrected chi connectivity index (χ4v) is 4.25. The number of amides is 2. The number of amidine groups is 1. The molecule has 2 aromatic carbocycles. The third-order valence-electron chi connectivity index (χ3n) is 4.74. The molecular weight excluding hydrogens is 391 g/mol. The van der Waals surface area contributed by atoms with Crippen molar-refractivity contribution in [3.8, 4) is 0 Å². The van der Waals surface area contributed by atoms with E-state index in [1.165, 1.54) is 17.7 Å². The van der Waals surface area contributed by atoms with Gasteiger partial charge >= 0.3 is 0 Å². The first kappa shape index (κ1) is 19.3. The van der Waals surface area contributed by atoms with Crippen LogP contribution in [0.2, 0.25) is 0 Å². The number of rotatable bonds is 4. The molecular formula is C21H19FN4O2S. The van der Waals surface area contributed by atoms with Crippen LogP contribution >= 0.6 is 11.8 Å². The van der Waals surface area contributed by atoms with E-state index in [2.05, 4.69) is 26.9 Å². The molecule has 2 aromatic rings. The minimum absolute atomic E-state index is 0.0801. The van der Waals surface area contributed by atoms with Crippen molar-refractivity contribution < 1.29 is 14.0 Å². The summed E-state index contributed by atoms with van der Waals surface area (Å²) < 4.78 is 13.7. The Morgan fingerprint density at radius 3 is 2.79 bits per heavy atom. The lowest BCUT2D eigenvalue weighted by Crippen LogP contribution is -2.28. The van der Waals surface area contributed by atoms with E-state index in [-0.39, 0.29) is 18.0 Å². The molecule has 0 spiro atoms. The largest absolute Gasteiger partial charge is 0.324 e. The Hall–Kier alpha value is -3.00. The first-order chi connectivity index (χ1) is 14.1. The molecule has 1 heterocycles. The highest BCUT2D eigenvalue weighted by atomic mass is 32.2. The van der Waals surface area contributed by atoms with E-state index < -0.39 is 17.0 Å². The van der Waals surface area contributed by atoms with Crippen LogP contribution in [0.5, 0.6) is 0 Å². The van der Waals surface area contributed by atoms with Crippen LogP contribution in [0.1, 0.15) is 30.4 Å². The van der Waals surface area contributed by atoms with Crippen LogP contribution < -0.4 is 10.6 Å². The molecule has 0 unspecified atom stereocenters. The second-order valence-electron chi connectivity index (χ2n) is 6.79. The van der Waals surface area contributed by atoms with Gasteiger partial charge in [-0.1, -0.05) is 48.2 Å². The monoisotopic (exact) mass is 410 g/mol. The van der Waals surface area contributed by atoms with E-state index in [4.69, 9.17) is 0 Å². The summed E-state index contributed by atoms with van der Waals surface area (Å²) in [6.07, 6.45) is 2.79. The Balaban J connectivity index is 1.41. The summed E-state index contributed by atoms with van der Waals surface area (Å²) in [6.45, 7) is 0. The second kappa shape index (κ2) is 8.57. The second-order valence-corrected chi connectivity index (χ2v) is 7.98. The van der Waals surface area contributed by atoms with Crippen molar-refractivity contribution in [2.45, 2.75) is 30.9 Å². The van der Waals surface area contributed by atoms with Crippen LogP contribution in [0.3, 0.4) is 0 Å². The van der Waals surface area contributed by atoms with Gasteiger partial charge < -0.3 is 10.6 Å². The molecule has 1 saturated heterocycles. The lowest BCUT2D eigenvalue weighted by atomic mass is 9.90. The number of aryl methyl sites for hydroxylation is 1. The SMILES string of the molecule is O=C(C[C@@H]1S/C(=N/N=C2/CCCc3ccccc32)NC1=O)Nc1ccccc1F. The number of fused-ring (bicyclic) bond motifs is 1. The number of halogens is 1. The zero-order valence-electron chi connectivity index (χ0n) is 15.5. The van der Waals surface area contributed by atoms with Crippen LogP contribution in [0.15, 0.2) is 58.7 Å². The molecule has 2 N–H and O–H groups in total. The number of thioether (sulfide) groups is 1. The van der Waals surface area contributed by atoms with E-state index in [9.17, 15) is 14.0 Å². The number of nitrogens with one attached hydrogen (secondary N) is 2. The smallest absolute Gasteiger partial charge is 0.240 e. The van der Waals surface area contributed by atoms with Gasteiger partial charge in [0.2, 0.25) is 11.8 Å². The van der Waals surface area contributed by atoms with Crippen molar-refractivity contribution in [2.75, 3.05) is 5.32 Å². The third kappa shape index (κ3) is 4.54. The summed E-state index contributed by atoms with van der Waals surface area (Å²) in [5.74, 6) is -1.26. The van der Waals surface area contributed by atoms with Gasteiger partial charge in [-0.3, -0.25) is 9.59 Å². The van der Waals surface area contributed by atoms with Crippen LogP contribution in [-0.4, -0.2) is 27.9 Å². The summed E-state index contributed by atoms with van der Waals surface area (Å²) in [5, 5.41) is 13.4. The maximum absolute atomic E-state index is 13.7. The van der Waals surface area contributed by atoms with Gasteiger partial charge in [0, 0.05) is 12.0 Å². The van der Waals surface area contributed by atoms with Gasteiger partial charge in [0.1, 0.15) is 11.1 Å². The van der Waals surface area contributed by atoms with E-state index in [1.807, 2.05) is 18.2 Å². The number of carbonyl (C=O) groups excluding carboxylic acids is 2. The minimum atomic E-state index is -0.626. The predicted octanol–water partition coefficient (Wildman–Crippen LogP) is 3.48. The van der Waals surface area contributed by atoms with Crippen molar-refractivity contribution in [3.05, 3.63) is 65.5 Å². The zero-order valence-corrected chi connectivity index (χ0v) is 16.3. The first-order valence-electron chi connectivity index (χ1n) is 9.35. The Bertz CT molecular complexity index is 1020. The molecule has 0 bridgehead atoms. The average molecular weight is 410 g/mol. The van der Waals surface area contributed by atoms with Crippen molar-refractivity contribution in [1.29, 1.82) is 0 Å². The molecule has 0 aromatic heterocycles. The molecule has 8 heteroatoms. The van der Waals surface area contributed by atoms with Crippen LogP contribution in [0.4, 0.5) is 10.1 Å². The molecule has 1 atom stereocenters. The van der Waals surface area contributed by atoms with Gasteiger partial charge in [-0.15, -0.1) is 5.10 Å². The topological polar surface area (TPSA) is 82.9 Å². The Morgan fingerprint density at radius 2 is 1.93 bits per heavy atom. The van der Waals surface area contributed by atoms with E-state index in [0.717, 1.165) is 42.3 Å². The van der Waals surface area contributed by atoms with Gasteiger partial charge in [-0.25, -0.2) is 4.39 Å². The normalized spacial score (nSPS) is 21.1. The zero-order chi connectivity index (χ0) is 20.2. The number of hydrogen-bond donors (Lipinski definition) is 2. The van der Waals surface area contributed by atoms with Crippen molar-refractivity contribution in [3.63, 3.8) is 0 Å². The summed E-state index contributed by atoms with van der Waals surface area (Å²) in [5.41, 5.74) is 3.34. The summed E-state index contributed by atoms with van der Waals surface area (Å²) in [4.78, 5) is 24.4. The molecule has 4 rings (SSSR count). The number of carbonyl (C=O) groups is 2. The van der Waals surface area contributed by atoms with Gasteiger partial charge in [0.15, 0.2) is 5.17 Å². The van der Waals surface area contributed by atoms with Gasteiger partial charge in [0.25, 0.3) is 0 Å².